The van der Waals surface area contributed by atoms with Crippen LogP contribution in [0.1, 0.15) is 28.2 Å². The molecule has 0 fully saturated rings. The highest BCUT2D eigenvalue weighted by Gasteiger charge is 2.37. The zero-order valence-corrected chi connectivity index (χ0v) is 13.5. The lowest BCUT2D eigenvalue weighted by atomic mass is 10.0. The number of hydrogen-bond acceptors (Lipinski definition) is 3. The maximum atomic E-state index is 14.1. The van der Waals surface area contributed by atoms with Crippen LogP contribution >= 0.6 is 0 Å². The number of halogens is 7. The highest BCUT2D eigenvalue weighted by molar-refractivity contribution is 5.29. The lowest BCUT2D eigenvalue weighted by Crippen LogP contribution is -2.37. The van der Waals surface area contributed by atoms with Crippen LogP contribution in [0, 0.1) is 5.82 Å². The van der Waals surface area contributed by atoms with Gasteiger partial charge in [0.25, 0.3) is 5.56 Å². The van der Waals surface area contributed by atoms with Gasteiger partial charge in [0.2, 0.25) is 5.82 Å². The molecule has 1 aliphatic rings. The van der Waals surface area contributed by atoms with E-state index in [1.165, 1.54) is 11.0 Å². The van der Waals surface area contributed by atoms with Crippen molar-refractivity contribution < 1.29 is 30.7 Å². The van der Waals surface area contributed by atoms with E-state index in [9.17, 15) is 35.5 Å². The molecule has 2 heterocycles. The summed E-state index contributed by atoms with van der Waals surface area (Å²) in [5.41, 5.74) is -2.62. The molecule has 146 valence electrons. The summed E-state index contributed by atoms with van der Waals surface area (Å²) in [6.45, 7) is -0.252. The molecule has 1 N–H and O–H groups in total. The van der Waals surface area contributed by atoms with E-state index >= 15 is 0 Å². The first-order chi connectivity index (χ1) is 12.5. The molecule has 0 radical (unpaired) electrons. The number of alkyl halides is 6. The molecule has 0 spiro atoms. The first-order valence-electron chi connectivity index (χ1n) is 7.73. The number of rotatable bonds is 2. The minimum absolute atomic E-state index is 0.0110. The molecule has 0 aliphatic carbocycles. The Morgan fingerprint density at radius 2 is 1.81 bits per heavy atom. The number of H-pyrrole nitrogens is 1. The Morgan fingerprint density at radius 1 is 1.11 bits per heavy atom. The van der Waals surface area contributed by atoms with E-state index in [1.807, 2.05) is 0 Å². The third-order valence-corrected chi connectivity index (χ3v) is 4.19. The summed E-state index contributed by atoms with van der Waals surface area (Å²) < 4.78 is 90.6. The van der Waals surface area contributed by atoms with Gasteiger partial charge in [0.1, 0.15) is 5.82 Å². The van der Waals surface area contributed by atoms with Gasteiger partial charge < -0.3 is 4.98 Å². The third kappa shape index (κ3) is 3.97. The van der Waals surface area contributed by atoms with Crippen LogP contribution in [0.2, 0.25) is 0 Å². The van der Waals surface area contributed by atoms with Gasteiger partial charge in [-0.3, -0.25) is 9.69 Å². The van der Waals surface area contributed by atoms with Crippen molar-refractivity contribution >= 4 is 0 Å². The molecule has 4 nitrogen and oxygen atoms in total. The molecule has 0 atom stereocenters. The van der Waals surface area contributed by atoms with Crippen molar-refractivity contribution in [2.45, 2.75) is 31.9 Å². The number of aromatic amines is 1. The Morgan fingerprint density at radius 3 is 2.44 bits per heavy atom. The lowest BCUT2D eigenvalue weighted by molar-refractivity contribution is -0.145. The molecule has 11 heteroatoms. The van der Waals surface area contributed by atoms with Crippen LogP contribution in [-0.4, -0.2) is 21.4 Å². The van der Waals surface area contributed by atoms with Gasteiger partial charge in [-0.25, -0.2) is 9.37 Å². The minimum atomic E-state index is -4.84. The van der Waals surface area contributed by atoms with Crippen LogP contribution < -0.4 is 5.56 Å². The van der Waals surface area contributed by atoms with Crippen LogP contribution in [0.15, 0.2) is 23.0 Å². The van der Waals surface area contributed by atoms with Crippen molar-refractivity contribution in [3.8, 4) is 0 Å². The molecule has 0 bridgehead atoms. The van der Waals surface area contributed by atoms with E-state index in [0.717, 1.165) is 6.07 Å². The van der Waals surface area contributed by atoms with Gasteiger partial charge in [-0.1, -0.05) is 12.1 Å². The van der Waals surface area contributed by atoms with E-state index in [0.29, 0.717) is 6.07 Å². The van der Waals surface area contributed by atoms with Gasteiger partial charge in [-0.15, -0.1) is 0 Å². The molecule has 0 unspecified atom stereocenters. The standard InChI is InChI=1S/C16H12F7N3O/c17-12-8(2-1-3-10(12)15(18,19)20)6-26-5-4-11-9(7-26)13(27)25-14(24-11)16(21,22)23/h1-3H,4-7H2,(H,24,25,27). The van der Waals surface area contributed by atoms with E-state index in [2.05, 4.69) is 4.98 Å². The second-order valence-corrected chi connectivity index (χ2v) is 6.07. The molecular weight excluding hydrogens is 383 g/mol. The summed E-state index contributed by atoms with van der Waals surface area (Å²) in [5.74, 6) is -2.81. The smallest absolute Gasteiger partial charge is 0.303 e. The molecule has 1 aliphatic heterocycles. The van der Waals surface area contributed by atoms with Crippen LogP contribution in [0.5, 0.6) is 0 Å². The monoisotopic (exact) mass is 395 g/mol. The predicted octanol–water partition coefficient (Wildman–Crippen LogP) is 3.50. The number of nitrogens with one attached hydrogen (secondary N) is 1. The first kappa shape index (κ1) is 19.3. The Kier molecular flexibility index (Phi) is 4.74. The van der Waals surface area contributed by atoms with Gasteiger partial charge in [0.15, 0.2) is 0 Å². The van der Waals surface area contributed by atoms with Crippen LogP contribution in [0.3, 0.4) is 0 Å². The summed E-state index contributed by atoms with van der Waals surface area (Å²) >= 11 is 0. The zero-order valence-electron chi connectivity index (χ0n) is 13.5. The maximum absolute atomic E-state index is 14.1. The summed E-state index contributed by atoms with van der Waals surface area (Å²) in [7, 11) is 0. The van der Waals surface area contributed by atoms with Crippen molar-refractivity contribution in [3.63, 3.8) is 0 Å². The number of fused-ring (bicyclic) bond motifs is 1. The van der Waals surface area contributed by atoms with Gasteiger partial charge in [0.05, 0.1) is 16.8 Å². The maximum Gasteiger partial charge on any atom is 0.449 e. The normalized spacial score (nSPS) is 15.7. The van der Waals surface area contributed by atoms with Crippen LogP contribution in [-0.2, 0) is 31.9 Å². The van der Waals surface area contributed by atoms with Crippen molar-refractivity contribution in [1.82, 2.24) is 14.9 Å². The fraction of sp³-hybridized carbons (Fsp3) is 0.375. The number of nitrogens with zero attached hydrogens (tertiary/aromatic N) is 2. The SMILES string of the molecule is O=c1[nH]c(C(F)(F)F)nc2c1CN(Cc1cccc(C(F)(F)F)c1F)CC2. The number of benzene rings is 1. The molecular formula is C16H12F7N3O. The van der Waals surface area contributed by atoms with E-state index in [1.54, 1.807) is 4.98 Å². The molecule has 3 rings (SSSR count). The molecule has 0 amide bonds. The van der Waals surface area contributed by atoms with E-state index in [-0.39, 0.29) is 42.9 Å². The number of hydrogen-bond donors (Lipinski definition) is 1. The zero-order chi connectivity index (χ0) is 20.0. The number of aromatic nitrogens is 2. The van der Waals surface area contributed by atoms with Crippen LogP contribution in [0.4, 0.5) is 30.7 Å². The van der Waals surface area contributed by atoms with E-state index < -0.39 is 35.1 Å². The van der Waals surface area contributed by atoms with Crippen molar-refractivity contribution in [2.75, 3.05) is 6.54 Å². The predicted molar refractivity (Wildman–Crippen MR) is 79.1 cm³/mol. The van der Waals surface area contributed by atoms with E-state index in [4.69, 9.17) is 0 Å². The summed E-state index contributed by atoms with van der Waals surface area (Å²) in [4.78, 5) is 18.5. The fourth-order valence-corrected chi connectivity index (χ4v) is 2.91. The molecule has 2 aromatic rings. The van der Waals surface area contributed by atoms with Crippen molar-refractivity contribution in [1.29, 1.82) is 0 Å². The summed E-state index contributed by atoms with van der Waals surface area (Å²) in [5, 5.41) is 0. The second-order valence-electron chi connectivity index (χ2n) is 6.07. The average Bonchev–Trinajstić information content (AvgIpc) is 2.55. The molecule has 27 heavy (non-hydrogen) atoms. The Hall–Kier alpha value is -2.43. The van der Waals surface area contributed by atoms with Crippen LogP contribution in [0.25, 0.3) is 0 Å². The quantitative estimate of drug-likeness (QED) is 0.792. The Labute approximate surface area is 147 Å². The topological polar surface area (TPSA) is 49.0 Å². The Bertz CT molecular complexity index is 918. The minimum Gasteiger partial charge on any atom is -0.303 e. The largest absolute Gasteiger partial charge is 0.449 e. The second kappa shape index (κ2) is 6.63. The van der Waals surface area contributed by atoms with Gasteiger partial charge in [-0.2, -0.15) is 26.3 Å². The lowest BCUT2D eigenvalue weighted by Gasteiger charge is -2.28. The fourth-order valence-electron chi connectivity index (χ4n) is 2.91. The van der Waals surface area contributed by atoms with Gasteiger partial charge in [0, 0.05) is 31.6 Å². The summed E-state index contributed by atoms with van der Waals surface area (Å²) in [6.07, 6.45) is -9.65. The highest BCUT2D eigenvalue weighted by atomic mass is 19.4. The van der Waals surface area contributed by atoms with Crippen molar-refractivity contribution in [3.05, 3.63) is 62.6 Å². The van der Waals surface area contributed by atoms with Gasteiger partial charge >= 0.3 is 12.4 Å². The molecule has 0 saturated heterocycles. The first-order valence-corrected chi connectivity index (χ1v) is 7.73. The Balaban J connectivity index is 1.85. The molecule has 1 aromatic heterocycles. The molecule has 0 saturated carbocycles. The molecule has 1 aromatic carbocycles. The average molecular weight is 395 g/mol. The van der Waals surface area contributed by atoms with Crippen molar-refractivity contribution in [2.24, 2.45) is 0 Å². The summed E-state index contributed by atoms with van der Waals surface area (Å²) in [6, 6.07) is 2.88. The van der Waals surface area contributed by atoms with Gasteiger partial charge in [-0.05, 0) is 6.07 Å². The highest BCUT2D eigenvalue weighted by Crippen LogP contribution is 2.33. The third-order valence-electron chi connectivity index (χ3n) is 4.19.